The van der Waals surface area contributed by atoms with Crippen molar-refractivity contribution in [3.05, 3.63) is 11.1 Å². The van der Waals surface area contributed by atoms with E-state index in [9.17, 15) is 15.0 Å². The van der Waals surface area contributed by atoms with Crippen LogP contribution >= 0.6 is 0 Å². The van der Waals surface area contributed by atoms with Gasteiger partial charge in [0.25, 0.3) is 0 Å². The van der Waals surface area contributed by atoms with Crippen molar-refractivity contribution in [2.75, 3.05) is 6.61 Å². The van der Waals surface area contributed by atoms with Gasteiger partial charge in [0.15, 0.2) is 0 Å². The maximum absolute atomic E-state index is 12.9. The minimum atomic E-state index is -0.793. The molecular formula is C20H30O3. The Morgan fingerprint density at radius 1 is 1.26 bits per heavy atom. The molecule has 4 rings (SSSR count). The Morgan fingerprint density at radius 2 is 2.00 bits per heavy atom. The van der Waals surface area contributed by atoms with E-state index in [2.05, 4.69) is 13.8 Å². The molecule has 0 heterocycles. The van der Waals surface area contributed by atoms with Crippen LogP contribution in [0, 0.1) is 28.6 Å². The first kappa shape index (κ1) is 15.8. The van der Waals surface area contributed by atoms with Gasteiger partial charge in [-0.15, -0.1) is 0 Å². The minimum absolute atomic E-state index is 0.0213. The first-order chi connectivity index (χ1) is 10.8. The summed E-state index contributed by atoms with van der Waals surface area (Å²) >= 11 is 0. The van der Waals surface area contributed by atoms with Gasteiger partial charge in [-0.2, -0.15) is 0 Å². The third kappa shape index (κ3) is 1.87. The highest BCUT2D eigenvalue weighted by Crippen LogP contribution is 2.65. The number of aliphatic hydroxyl groups is 2. The topological polar surface area (TPSA) is 57.5 Å². The Hall–Kier alpha value is -0.670. The van der Waals surface area contributed by atoms with Crippen LogP contribution in [0.1, 0.15) is 65.7 Å². The smallest absolute Gasteiger partial charge is 0.145 e. The van der Waals surface area contributed by atoms with Crippen LogP contribution in [0.4, 0.5) is 0 Å². The third-order valence-electron chi connectivity index (χ3n) is 8.15. The molecule has 0 aromatic rings. The van der Waals surface area contributed by atoms with Gasteiger partial charge in [-0.1, -0.05) is 38.3 Å². The SMILES string of the molecule is C[C@@H]1C(=O)[C@H]2C[C@]1(O)CC1=C2[C@]2(C)CCC[C@@](C)(CO)[C@H]2CC1. The van der Waals surface area contributed by atoms with E-state index in [1.54, 1.807) is 0 Å². The number of ketones is 1. The fourth-order valence-electron chi connectivity index (χ4n) is 6.88. The van der Waals surface area contributed by atoms with Crippen LogP contribution in [-0.2, 0) is 4.79 Å². The number of fused-ring (bicyclic) bond motifs is 5. The van der Waals surface area contributed by atoms with E-state index < -0.39 is 5.60 Å². The Labute approximate surface area is 139 Å². The van der Waals surface area contributed by atoms with Crippen LogP contribution in [0.2, 0.25) is 0 Å². The van der Waals surface area contributed by atoms with E-state index in [0.29, 0.717) is 18.8 Å². The number of carbonyl (C=O) groups is 1. The minimum Gasteiger partial charge on any atom is -0.396 e. The van der Waals surface area contributed by atoms with Crippen molar-refractivity contribution in [1.82, 2.24) is 0 Å². The molecule has 0 aromatic carbocycles. The first-order valence-electron chi connectivity index (χ1n) is 9.34. The molecule has 6 atom stereocenters. The van der Waals surface area contributed by atoms with Crippen molar-refractivity contribution < 1.29 is 15.0 Å². The summed E-state index contributed by atoms with van der Waals surface area (Å²) in [5.74, 6) is 0.429. The highest BCUT2D eigenvalue weighted by atomic mass is 16.3. The monoisotopic (exact) mass is 318 g/mol. The van der Waals surface area contributed by atoms with Gasteiger partial charge in [-0.3, -0.25) is 4.79 Å². The van der Waals surface area contributed by atoms with Crippen LogP contribution in [0.5, 0.6) is 0 Å². The van der Waals surface area contributed by atoms with Crippen molar-refractivity contribution in [1.29, 1.82) is 0 Å². The molecule has 2 N–H and O–H groups in total. The largest absolute Gasteiger partial charge is 0.396 e. The lowest BCUT2D eigenvalue weighted by atomic mass is 9.47. The van der Waals surface area contributed by atoms with E-state index in [-0.39, 0.29) is 35.1 Å². The average molecular weight is 318 g/mol. The highest BCUT2D eigenvalue weighted by Gasteiger charge is 2.61. The third-order valence-corrected chi connectivity index (χ3v) is 8.15. The molecule has 128 valence electrons. The zero-order chi connectivity index (χ0) is 16.6. The van der Waals surface area contributed by atoms with Gasteiger partial charge in [0.1, 0.15) is 5.78 Å². The fourth-order valence-corrected chi connectivity index (χ4v) is 6.88. The van der Waals surface area contributed by atoms with Gasteiger partial charge in [0, 0.05) is 18.4 Å². The number of carbonyl (C=O) groups excluding carboxylic acids is 1. The standard InChI is InChI=1S/C20H30O3/c1-12-17(22)14-10-20(12,23)9-13-5-6-15-18(2,11-21)7-4-8-19(15,3)16(13)14/h12,14-15,21,23H,4-11H2,1-3H3/t12-,14+,15-,18+,19-,20-/m1/s1. The van der Waals surface area contributed by atoms with Crippen LogP contribution < -0.4 is 0 Å². The van der Waals surface area contributed by atoms with Crippen molar-refractivity contribution in [3.63, 3.8) is 0 Å². The van der Waals surface area contributed by atoms with E-state index >= 15 is 0 Å². The predicted molar refractivity (Wildman–Crippen MR) is 88.7 cm³/mol. The first-order valence-corrected chi connectivity index (χ1v) is 9.34. The lowest BCUT2D eigenvalue weighted by molar-refractivity contribution is -0.125. The Bertz CT molecular complexity index is 594. The molecule has 2 bridgehead atoms. The number of allylic oxidation sites excluding steroid dienone is 1. The summed E-state index contributed by atoms with van der Waals surface area (Å²) in [5, 5.41) is 21.0. The second kappa shape index (κ2) is 4.70. The van der Waals surface area contributed by atoms with Crippen molar-refractivity contribution in [2.24, 2.45) is 28.6 Å². The van der Waals surface area contributed by atoms with E-state index in [1.165, 1.54) is 11.1 Å². The number of hydrogen-bond donors (Lipinski definition) is 2. The van der Waals surface area contributed by atoms with Gasteiger partial charge < -0.3 is 10.2 Å². The molecule has 0 spiro atoms. The van der Waals surface area contributed by atoms with Crippen molar-refractivity contribution in [2.45, 2.75) is 71.3 Å². The average Bonchev–Trinajstić information content (AvgIpc) is 2.67. The van der Waals surface area contributed by atoms with Crippen LogP contribution in [-0.4, -0.2) is 28.2 Å². The van der Waals surface area contributed by atoms with Gasteiger partial charge >= 0.3 is 0 Å². The summed E-state index contributed by atoms with van der Waals surface area (Å²) in [6.45, 7) is 6.74. The number of Topliss-reactive ketones (excluding diaryl/α,β-unsaturated/α-hetero) is 1. The zero-order valence-electron chi connectivity index (χ0n) is 14.7. The Kier molecular flexibility index (Phi) is 3.23. The molecule has 0 aromatic heterocycles. The lowest BCUT2D eigenvalue weighted by Crippen LogP contribution is -2.51. The summed E-state index contributed by atoms with van der Waals surface area (Å²) in [7, 11) is 0. The molecular weight excluding hydrogens is 288 g/mol. The van der Waals surface area contributed by atoms with Gasteiger partial charge in [-0.05, 0) is 55.3 Å². The van der Waals surface area contributed by atoms with Crippen molar-refractivity contribution in [3.8, 4) is 0 Å². The van der Waals surface area contributed by atoms with Crippen molar-refractivity contribution >= 4 is 5.78 Å². The van der Waals surface area contributed by atoms with E-state index in [0.717, 1.165) is 32.1 Å². The normalized spacial score (nSPS) is 52.4. The second-order valence-electron chi connectivity index (χ2n) is 9.35. The van der Waals surface area contributed by atoms with Crippen LogP contribution in [0.15, 0.2) is 11.1 Å². The van der Waals surface area contributed by atoms with E-state index in [4.69, 9.17) is 0 Å². The lowest BCUT2D eigenvalue weighted by Gasteiger charge is -2.57. The maximum atomic E-state index is 12.9. The summed E-state index contributed by atoms with van der Waals surface area (Å²) < 4.78 is 0. The van der Waals surface area contributed by atoms with Gasteiger partial charge in [0.05, 0.1) is 5.60 Å². The molecule has 3 nitrogen and oxygen atoms in total. The molecule has 23 heavy (non-hydrogen) atoms. The molecule has 0 amide bonds. The van der Waals surface area contributed by atoms with Gasteiger partial charge in [-0.25, -0.2) is 0 Å². The Balaban J connectivity index is 1.82. The van der Waals surface area contributed by atoms with Crippen LogP contribution in [0.3, 0.4) is 0 Å². The quantitative estimate of drug-likeness (QED) is 0.730. The summed E-state index contributed by atoms with van der Waals surface area (Å²) in [6.07, 6.45) is 6.77. The number of rotatable bonds is 1. The number of hydrogen-bond acceptors (Lipinski definition) is 3. The molecule has 4 aliphatic rings. The molecule has 0 aliphatic heterocycles. The summed E-state index contributed by atoms with van der Waals surface area (Å²) in [4.78, 5) is 12.9. The fraction of sp³-hybridized carbons (Fsp3) is 0.850. The summed E-state index contributed by atoms with van der Waals surface area (Å²) in [5.41, 5.74) is 1.98. The molecule has 3 heteroatoms. The molecule has 0 radical (unpaired) electrons. The predicted octanol–water partition coefficient (Wildman–Crippen LogP) is 3.24. The Morgan fingerprint density at radius 3 is 2.70 bits per heavy atom. The molecule has 2 fully saturated rings. The van der Waals surface area contributed by atoms with E-state index in [1.807, 2.05) is 6.92 Å². The number of aliphatic hydroxyl groups excluding tert-OH is 1. The molecule has 0 unspecified atom stereocenters. The maximum Gasteiger partial charge on any atom is 0.145 e. The zero-order valence-corrected chi connectivity index (χ0v) is 14.7. The molecule has 4 aliphatic carbocycles. The second-order valence-corrected chi connectivity index (χ2v) is 9.35. The van der Waals surface area contributed by atoms with Crippen LogP contribution in [0.25, 0.3) is 0 Å². The van der Waals surface area contributed by atoms with Gasteiger partial charge in [0.2, 0.25) is 0 Å². The highest BCUT2D eigenvalue weighted by molar-refractivity contribution is 5.91. The summed E-state index contributed by atoms with van der Waals surface area (Å²) in [6, 6.07) is 0. The molecule has 0 saturated heterocycles. The molecule has 2 saturated carbocycles.